The zero-order valence-electron chi connectivity index (χ0n) is 16.8. The molecule has 2 aliphatic rings. The van der Waals surface area contributed by atoms with Gasteiger partial charge in [0, 0.05) is 36.9 Å². The van der Waals surface area contributed by atoms with Crippen LogP contribution < -0.4 is 4.90 Å². The number of fused-ring (bicyclic) bond motifs is 3. The van der Waals surface area contributed by atoms with Crippen molar-refractivity contribution in [3.8, 4) is 0 Å². The molecule has 0 bridgehead atoms. The van der Waals surface area contributed by atoms with Gasteiger partial charge in [-0.25, -0.2) is 15.0 Å². The molecule has 6 rings (SSSR count). The van der Waals surface area contributed by atoms with Crippen molar-refractivity contribution in [3.05, 3.63) is 66.2 Å². The molecule has 0 unspecified atom stereocenters. The summed E-state index contributed by atoms with van der Waals surface area (Å²) in [5, 5.41) is 1.03. The fraction of sp³-hybridized carbons (Fsp3) is 0.304. The highest BCUT2D eigenvalue weighted by atomic mass is 16.2. The van der Waals surface area contributed by atoms with Gasteiger partial charge in [-0.2, -0.15) is 0 Å². The molecule has 7 nitrogen and oxygen atoms in total. The second kappa shape index (κ2) is 6.52. The number of nitrogens with zero attached hydrogens (tertiary/aromatic N) is 6. The Labute approximate surface area is 174 Å². The molecule has 2 saturated heterocycles. The van der Waals surface area contributed by atoms with Gasteiger partial charge in [0.1, 0.15) is 5.65 Å². The van der Waals surface area contributed by atoms with Crippen LogP contribution in [-0.2, 0) is 11.3 Å². The van der Waals surface area contributed by atoms with E-state index < -0.39 is 0 Å². The first-order chi connectivity index (χ1) is 14.7. The number of hydrogen-bond donors (Lipinski definition) is 0. The van der Waals surface area contributed by atoms with Crippen LogP contribution in [0.25, 0.3) is 16.6 Å². The number of carbonyl (C=O) groups is 1. The lowest BCUT2D eigenvalue weighted by molar-refractivity contribution is -0.129. The highest BCUT2D eigenvalue weighted by Crippen LogP contribution is 2.35. The number of amides is 1. The van der Waals surface area contributed by atoms with Gasteiger partial charge in [0.25, 0.3) is 0 Å². The summed E-state index contributed by atoms with van der Waals surface area (Å²) < 4.78 is 2.03. The van der Waals surface area contributed by atoms with Crippen molar-refractivity contribution in [3.63, 3.8) is 0 Å². The van der Waals surface area contributed by atoms with Crippen molar-refractivity contribution in [1.82, 2.24) is 24.3 Å². The Morgan fingerprint density at radius 2 is 1.97 bits per heavy atom. The quantitative estimate of drug-likeness (QED) is 0.531. The van der Waals surface area contributed by atoms with Crippen molar-refractivity contribution < 1.29 is 4.79 Å². The lowest BCUT2D eigenvalue weighted by Crippen LogP contribution is -2.37. The number of likely N-dealkylation sites (tertiary alicyclic amines) is 1. The molecule has 0 radical (unpaired) electrons. The van der Waals surface area contributed by atoms with Crippen LogP contribution >= 0.6 is 0 Å². The molecule has 5 heterocycles. The minimum absolute atomic E-state index is 0.123. The number of aryl methyl sites for hydroxylation is 1. The summed E-state index contributed by atoms with van der Waals surface area (Å²) >= 11 is 0. The highest BCUT2D eigenvalue weighted by molar-refractivity contribution is 5.82. The molecule has 1 aromatic carbocycles. The standard InChI is InChI=1S/C23H22N6O/c1-15-6-7-21-25-17(13-27(21)12-15)14-29-19-8-9-28(20(19)10-22(29)30)23-24-11-16-4-2-3-5-18(16)26-23/h2-7,11-13,19-20H,8-10,14H2,1H3/t19-,20-/m0/s1. The molecule has 150 valence electrons. The second-order valence-corrected chi connectivity index (χ2v) is 8.28. The maximum atomic E-state index is 12.9. The molecule has 2 aliphatic heterocycles. The molecule has 1 amide bonds. The van der Waals surface area contributed by atoms with E-state index in [9.17, 15) is 4.79 Å². The number of aromatic nitrogens is 4. The van der Waals surface area contributed by atoms with Crippen molar-refractivity contribution in [2.75, 3.05) is 11.4 Å². The lowest BCUT2D eigenvalue weighted by Gasteiger charge is -2.25. The topological polar surface area (TPSA) is 66.6 Å². The highest BCUT2D eigenvalue weighted by Gasteiger charge is 2.47. The monoisotopic (exact) mass is 398 g/mol. The Balaban J connectivity index is 1.26. The summed E-state index contributed by atoms with van der Waals surface area (Å²) in [6, 6.07) is 12.4. The van der Waals surface area contributed by atoms with Crippen LogP contribution in [0.2, 0.25) is 0 Å². The number of imidazole rings is 1. The van der Waals surface area contributed by atoms with Crippen LogP contribution in [0.4, 0.5) is 5.95 Å². The molecule has 2 atom stereocenters. The molecular weight excluding hydrogens is 376 g/mol. The summed E-state index contributed by atoms with van der Waals surface area (Å²) in [5.74, 6) is 0.905. The first kappa shape index (κ1) is 17.4. The molecular formula is C23H22N6O. The Kier molecular flexibility index (Phi) is 3.78. The molecule has 7 heteroatoms. The van der Waals surface area contributed by atoms with Crippen molar-refractivity contribution >= 4 is 28.4 Å². The van der Waals surface area contributed by atoms with Crippen LogP contribution in [0.1, 0.15) is 24.1 Å². The zero-order valence-corrected chi connectivity index (χ0v) is 16.8. The van der Waals surface area contributed by atoms with Crippen molar-refractivity contribution in [1.29, 1.82) is 0 Å². The van der Waals surface area contributed by atoms with Gasteiger partial charge in [0.2, 0.25) is 11.9 Å². The molecule has 0 spiro atoms. The van der Waals surface area contributed by atoms with Gasteiger partial charge in [0.05, 0.1) is 29.8 Å². The largest absolute Gasteiger partial charge is 0.335 e. The Hall–Kier alpha value is -3.48. The molecule has 3 aromatic heterocycles. The number of rotatable bonds is 3. The van der Waals surface area contributed by atoms with Gasteiger partial charge in [-0.05, 0) is 31.0 Å². The van der Waals surface area contributed by atoms with Crippen LogP contribution in [0.3, 0.4) is 0 Å². The van der Waals surface area contributed by atoms with Crippen LogP contribution in [0.15, 0.2) is 55.0 Å². The normalized spacial score (nSPS) is 21.2. The van der Waals surface area contributed by atoms with Gasteiger partial charge >= 0.3 is 0 Å². The number of para-hydroxylation sites is 1. The van der Waals surface area contributed by atoms with Crippen molar-refractivity contribution in [2.24, 2.45) is 0 Å². The third-order valence-electron chi connectivity index (χ3n) is 6.33. The van der Waals surface area contributed by atoms with Gasteiger partial charge in [-0.15, -0.1) is 0 Å². The maximum Gasteiger partial charge on any atom is 0.226 e. The Morgan fingerprint density at radius 3 is 2.90 bits per heavy atom. The predicted molar refractivity (Wildman–Crippen MR) is 114 cm³/mol. The van der Waals surface area contributed by atoms with E-state index in [2.05, 4.69) is 29.1 Å². The van der Waals surface area contributed by atoms with E-state index in [1.54, 1.807) is 0 Å². The summed E-state index contributed by atoms with van der Waals surface area (Å²) in [6.07, 6.45) is 7.40. The Morgan fingerprint density at radius 1 is 1.07 bits per heavy atom. The van der Waals surface area contributed by atoms with Crippen LogP contribution in [0.5, 0.6) is 0 Å². The van der Waals surface area contributed by atoms with Gasteiger partial charge in [-0.3, -0.25) is 4.79 Å². The molecule has 4 aromatic rings. The van der Waals surface area contributed by atoms with Gasteiger partial charge in [0.15, 0.2) is 0 Å². The fourth-order valence-corrected chi connectivity index (χ4v) is 4.89. The lowest BCUT2D eigenvalue weighted by atomic mass is 10.1. The maximum absolute atomic E-state index is 12.9. The van der Waals surface area contributed by atoms with Crippen LogP contribution in [-0.4, -0.2) is 48.8 Å². The first-order valence-corrected chi connectivity index (χ1v) is 10.4. The van der Waals surface area contributed by atoms with E-state index in [1.807, 2.05) is 52.0 Å². The smallest absolute Gasteiger partial charge is 0.226 e. The van der Waals surface area contributed by atoms with E-state index in [0.717, 1.165) is 41.2 Å². The van der Waals surface area contributed by atoms with E-state index in [4.69, 9.17) is 9.97 Å². The average Bonchev–Trinajstić information content (AvgIpc) is 3.42. The minimum Gasteiger partial charge on any atom is -0.335 e. The molecule has 0 N–H and O–H groups in total. The third kappa shape index (κ3) is 2.73. The van der Waals surface area contributed by atoms with Gasteiger partial charge < -0.3 is 14.2 Å². The van der Waals surface area contributed by atoms with Crippen LogP contribution in [0, 0.1) is 6.92 Å². The number of anilines is 1. The summed E-state index contributed by atoms with van der Waals surface area (Å²) in [4.78, 5) is 31.1. The van der Waals surface area contributed by atoms with E-state index >= 15 is 0 Å². The van der Waals surface area contributed by atoms with Crippen molar-refractivity contribution in [2.45, 2.75) is 38.4 Å². The number of pyridine rings is 1. The summed E-state index contributed by atoms with van der Waals surface area (Å²) in [6.45, 7) is 3.48. The number of benzene rings is 1. The van der Waals surface area contributed by atoms with E-state index in [-0.39, 0.29) is 18.0 Å². The number of hydrogen-bond acceptors (Lipinski definition) is 5. The zero-order chi connectivity index (χ0) is 20.2. The predicted octanol–water partition coefficient (Wildman–Crippen LogP) is 2.97. The first-order valence-electron chi connectivity index (χ1n) is 10.4. The second-order valence-electron chi connectivity index (χ2n) is 8.28. The summed E-state index contributed by atoms with van der Waals surface area (Å²) in [5.41, 5.74) is 3.96. The molecule has 0 aliphatic carbocycles. The SMILES string of the molecule is Cc1ccc2nc(CN3C(=O)C[C@H]4[C@@H]3CCN4c3ncc4ccccc4n3)cn2c1. The third-order valence-corrected chi connectivity index (χ3v) is 6.33. The van der Waals surface area contributed by atoms with E-state index in [0.29, 0.717) is 13.0 Å². The Bertz CT molecular complexity index is 1280. The van der Waals surface area contributed by atoms with E-state index in [1.165, 1.54) is 5.56 Å². The number of carbonyl (C=O) groups excluding carboxylic acids is 1. The average molecular weight is 398 g/mol. The molecule has 30 heavy (non-hydrogen) atoms. The molecule has 2 fully saturated rings. The van der Waals surface area contributed by atoms with Gasteiger partial charge in [-0.1, -0.05) is 24.3 Å². The minimum atomic E-state index is 0.123. The summed E-state index contributed by atoms with van der Waals surface area (Å²) in [7, 11) is 0. The fourth-order valence-electron chi connectivity index (χ4n) is 4.89. The molecule has 0 saturated carbocycles.